The van der Waals surface area contributed by atoms with Gasteiger partial charge in [0.1, 0.15) is 0 Å². The van der Waals surface area contributed by atoms with Gasteiger partial charge in [-0.1, -0.05) is 24.3 Å². The lowest BCUT2D eigenvalue weighted by molar-refractivity contribution is -0.138. The smallest absolute Gasteiger partial charge is 0.310 e. The zero-order valence-corrected chi connectivity index (χ0v) is 11.1. The van der Waals surface area contributed by atoms with E-state index in [2.05, 4.69) is 0 Å². The summed E-state index contributed by atoms with van der Waals surface area (Å²) in [5.41, 5.74) is 2.64. The van der Waals surface area contributed by atoms with Gasteiger partial charge in [-0.25, -0.2) is 0 Å². The number of benzene rings is 1. The lowest BCUT2D eigenvalue weighted by Crippen LogP contribution is -2.08. The standard InChI is InChI=1S/C16H18O3/c1-11(16(18)19)13-8-6-12(7-9-13)10-14-4-2-3-5-15(14)17/h6-11H,2-5H2,1H3,(H,18,19)/t11-/m1/s1. The van der Waals surface area contributed by atoms with Crippen molar-refractivity contribution in [3.8, 4) is 0 Å². The highest BCUT2D eigenvalue weighted by molar-refractivity contribution is 6.00. The van der Waals surface area contributed by atoms with E-state index in [9.17, 15) is 9.59 Å². The number of rotatable bonds is 3. The summed E-state index contributed by atoms with van der Waals surface area (Å²) in [6.07, 6.45) is 5.50. The fraction of sp³-hybridized carbons (Fsp3) is 0.375. The van der Waals surface area contributed by atoms with Gasteiger partial charge in [0.2, 0.25) is 0 Å². The third kappa shape index (κ3) is 3.31. The molecule has 1 aliphatic carbocycles. The highest BCUT2D eigenvalue weighted by Crippen LogP contribution is 2.23. The lowest BCUT2D eigenvalue weighted by Gasteiger charge is -2.12. The first-order valence-electron chi connectivity index (χ1n) is 6.64. The van der Waals surface area contributed by atoms with Crippen LogP contribution < -0.4 is 0 Å². The summed E-state index contributed by atoms with van der Waals surface area (Å²) >= 11 is 0. The minimum absolute atomic E-state index is 0.245. The molecule has 0 aromatic heterocycles. The number of ketones is 1. The van der Waals surface area contributed by atoms with Gasteiger partial charge in [0.25, 0.3) is 0 Å². The van der Waals surface area contributed by atoms with Gasteiger partial charge >= 0.3 is 5.97 Å². The van der Waals surface area contributed by atoms with Crippen LogP contribution in [0.25, 0.3) is 6.08 Å². The first-order chi connectivity index (χ1) is 9.08. The Bertz CT molecular complexity index is 511. The van der Waals surface area contributed by atoms with Gasteiger partial charge in [-0.3, -0.25) is 9.59 Å². The van der Waals surface area contributed by atoms with Gasteiger partial charge in [0.15, 0.2) is 5.78 Å². The zero-order chi connectivity index (χ0) is 13.8. The number of hydrogen-bond donors (Lipinski definition) is 1. The Hall–Kier alpha value is -1.90. The van der Waals surface area contributed by atoms with Crippen molar-refractivity contribution >= 4 is 17.8 Å². The molecule has 100 valence electrons. The summed E-state index contributed by atoms with van der Waals surface area (Å²) in [7, 11) is 0. The summed E-state index contributed by atoms with van der Waals surface area (Å²) in [5.74, 6) is -1.08. The first-order valence-corrected chi connectivity index (χ1v) is 6.64. The molecule has 1 N–H and O–H groups in total. The largest absolute Gasteiger partial charge is 0.481 e. The molecule has 1 aromatic carbocycles. The van der Waals surface area contributed by atoms with E-state index >= 15 is 0 Å². The van der Waals surface area contributed by atoms with E-state index in [0.29, 0.717) is 6.42 Å². The van der Waals surface area contributed by atoms with Crippen molar-refractivity contribution in [2.24, 2.45) is 0 Å². The molecule has 0 radical (unpaired) electrons. The molecule has 0 heterocycles. The Labute approximate surface area is 113 Å². The van der Waals surface area contributed by atoms with Gasteiger partial charge in [0.05, 0.1) is 5.92 Å². The molecule has 2 rings (SSSR count). The van der Waals surface area contributed by atoms with Crippen LogP contribution in [0.5, 0.6) is 0 Å². The summed E-state index contributed by atoms with van der Waals surface area (Å²) in [6, 6.07) is 7.39. The van der Waals surface area contributed by atoms with Crippen molar-refractivity contribution in [3.05, 3.63) is 41.0 Å². The van der Waals surface area contributed by atoms with Crippen molar-refractivity contribution < 1.29 is 14.7 Å². The van der Waals surface area contributed by atoms with Gasteiger partial charge in [0, 0.05) is 6.42 Å². The van der Waals surface area contributed by atoms with Crippen molar-refractivity contribution in [2.75, 3.05) is 0 Å². The zero-order valence-electron chi connectivity index (χ0n) is 11.1. The molecule has 19 heavy (non-hydrogen) atoms. The van der Waals surface area contributed by atoms with Crippen LogP contribution in [-0.4, -0.2) is 16.9 Å². The quantitative estimate of drug-likeness (QED) is 0.845. The average Bonchev–Trinajstić information content (AvgIpc) is 2.41. The number of allylic oxidation sites excluding steroid dienone is 1. The Kier molecular flexibility index (Phi) is 4.15. The maximum atomic E-state index is 11.7. The second kappa shape index (κ2) is 5.83. The molecule has 0 spiro atoms. The SMILES string of the molecule is C[C@@H](C(=O)O)c1ccc(C=C2CCCCC2=O)cc1. The van der Waals surface area contributed by atoms with Crippen molar-refractivity contribution in [1.29, 1.82) is 0 Å². The summed E-state index contributed by atoms with van der Waals surface area (Å²) < 4.78 is 0. The number of carboxylic acid groups (broad SMARTS) is 1. The summed E-state index contributed by atoms with van der Waals surface area (Å²) in [5, 5.41) is 8.94. The molecule has 1 aromatic rings. The molecule has 1 saturated carbocycles. The molecule has 0 saturated heterocycles. The summed E-state index contributed by atoms with van der Waals surface area (Å²) in [6.45, 7) is 1.67. The van der Waals surface area contributed by atoms with Gasteiger partial charge in [-0.2, -0.15) is 0 Å². The van der Waals surface area contributed by atoms with Crippen LogP contribution in [0.4, 0.5) is 0 Å². The van der Waals surface area contributed by atoms with E-state index in [4.69, 9.17) is 5.11 Å². The van der Waals surface area contributed by atoms with Crippen LogP contribution in [0, 0.1) is 0 Å². The second-order valence-corrected chi connectivity index (χ2v) is 5.03. The van der Waals surface area contributed by atoms with Crippen LogP contribution in [0.2, 0.25) is 0 Å². The molecule has 0 amide bonds. The third-order valence-corrected chi connectivity index (χ3v) is 3.61. The molecule has 1 atom stereocenters. The first kappa shape index (κ1) is 13.5. The van der Waals surface area contributed by atoms with Crippen LogP contribution in [-0.2, 0) is 9.59 Å². The molecule has 3 nitrogen and oxygen atoms in total. The third-order valence-electron chi connectivity index (χ3n) is 3.61. The molecular formula is C16H18O3. The molecule has 1 fully saturated rings. The van der Waals surface area contributed by atoms with E-state index in [1.54, 1.807) is 6.92 Å². The predicted octanol–water partition coefficient (Wildman–Crippen LogP) is 3.40. The van der Waals surface area contributed by atoms with Crippen molar-refractivity contribution in [3.63, 3.8) is 0 Å². The number of carbonyl (C=O) groups excluding carboxylic acids is 1. The Balaban J connectivity index is 2.16. The van der Waals surface area contributed by atoms with E-state index < -0.39 is 11.9 Å². The lowest BCUT2D eigenvalue weighted by atomic mass is 9.91. The molecule has 1 aliphatic rings. The highest BCUT2D eigenvalue weighted by Gasteiger charge is 2.15. The van der Waals surface area contributed by atoms with E-state index in [1.807, 2.05) is 30.3 Å². The normalized spacial score (nSPS) is 19.4. The second-order valence-electron chi connectivity index (χ2n) is 5.03. The number of hydrogen-bond acceptors (Lipinski definition) is 2. The maximum Gasteiger partial charge on any atom is 0.310 e. The minimum Gasteiger partial charge on any atom is -0.481 e. The average molecular weight is 258 g/mol. The van der Waals surface area contributed by atoms with E-state index in [1.165, 1.54) is 0 Å². The van der Waals surface area contributed by atoms with Gasteiger partial charge < -0.3 is 5.11 Å². The van der Waals surface area contributed by atoms with Crippen LogP contribution in [0.3, 0.4) is 0 Å². The molecular weight excluding hydrogens is 240 g/mol. The molecule has 0 bridgehead atoms. The monoisotopic (exact) mass is 258 g/mol. The van der Waals surface area contributed by atoms with Crippen molar-refractivity contribution in [2.45, 2.75) is 38.5 Å². The van der Waals surface area contributed by atoms with E-state index in [0.717, 1.165) is 36.0 Å². The minimum atomic E-state index is -0.825. The Morgan fingerprint density at radius 2 is 1.84 bits per heavy atom. The predicted molar refractivity (Wildman–Crippen MR) is 73.9 cm³/mol. The molecule has 0 unspecified atom stereocenters. The molecule has 0 aliphatic heterocycles. The van der Waals surface area contributed by atoms with Gasteiger partial charge in [-0.05, 0) is 49.0 Å². The fourth-order valence-corrected chi connectivity index (χ4v) is 2.28. The van der Waals surface area contributed by atoms with Crippen molar-refractivity contribution in [1.82, 2.24) is 0 Å². The van der Waals surface area contributed by atoms with Crippen LogP contribution >= 0.6 is 0 Å². The Morgan fingerprint density at radius 1 is 1.21 bits per heavy atom. The fourth-order valence-electron chi connectivity index (χ4n) is 2.28. The number of carbonyl (C=O) groups is 2. The van der Waals surface area contributed by atoms with E-state index in [-0.39, 0.29) is 5.78 Å². The summed E-state index contributed by atoms with van der Waals surface area (Å²) in [4.78, 5) is 22.6. The number of aliphatic carboxylic acids is 1. The van der Waals surface area contributed by atoms with Gasteiger partial charge in [-0.15, -0.1) is 0 Å². The maximum absolute atomic E-state index is 11.7. The topological polar surface area (TPSA) is 54.4 Å². The molecule has 3 heteroatoms. The highest BCUT2D eigenvalue weighted by atomic mass is 16.4. The number of carboxylic acids is 1. The number of Topliss-reactive ketones (excluding diaryl/α,β-unsaturated/α-hetero) is 1. The van der Waals surface area contributed by atoms with Crippen LogP contribution in [0.15, 0.2) is 29.8 Å². The van der Waals surface area contributed by atoms with Crippen LogP contribution in [0.1, 0.15) is 49.7 Å². The Morgan fingerprint density at radius 3 is 2.42 bits per heavy atom.